The van der Waals surface area contributed by atoms with Crippen molar-refractivity contribution in [3.63, 3.8) is 0 Å². The average Bonchev–Trinajstić information content (AvgIpc) is 3.04. The van der Waals surface area contributed by atoms with E-state index in [4.69, 9.17) is 9.52 Å². The summed E-state index contributed by atoms with van der Waals surface area (Å²) >= 11 is 0. The number of carboxylic acid groups (broad SMARTS) is 1. The van der Waals surface area contributed by atoms with Gasteiger partial charge in [0.05, 0.1) is 12.5 Å². The van der Waals surface area contributed by atoms with E-state index >= 15 is 0 Å². The van der Waals surface area contributed by atoms with Crippen molar-refractivity contribution in [3.05, 3.63) is 28.0 Å². The van der Waals surface area contributed by atoms with E-state index in [0.29, 0.717) is 0 Å². The number of carbonyl (C=O) groups is 2. The number of rotatable bonds is 6. The van der Waals surface area contributed by atoms with Crippen molar-refractivity contribution in [2.24, 2.45) is 5.92 Å². The Labute approximate surface area is 107 Å². The van der Waals surface area contributed by atoms with E-state index in [9.17, 15) is 19.7 Å². The maximum absolute atomic E-state index is 11.8. The van der Waals surface area contributed by atoms with Gasteiger partial charge in [-0.2, -0.15) is 0 Å². The van der Waals surface area contributed by atoms with Crippen molar-refractivity contribution in [3.8, 4) is 0 Å². The first-order chi connectivity index (χ1) is 8.97. The molecule has 0 saturated heterocycles. The van der Waals surface area contributed by atoms with Gasteiger partial charge in [-0.25, -0.2) is 0 Å². The average molecular weight is 268 g/mol. The number of furan rings is 1. The monoisotopic (exact) mass is 268 g/mol. The third-order valence-corrected chi connectivity index (χ3v) is 2.90. The topological polar surface area (TPSA) is 123 Å². The SMILES string of the molecule is O=C(O)CC(NC(=O)c1ccc([N+](=O)[O-])o1)C1CC1. The van der Waals surface area contributed by atoms with Crippen LogP contribution < -0.4 is 5.32 Å². The maximum atomic E-state index is 11.8. The molecule has 19 heavy (non-hydrogen) atoms. The Kier molecular flexibility index (Phi) is 3.50. The van der Waals surface area contributed by atoms with Crippen LogP contribution in [0, 0.1) is 16.0 Å². The number of hydrogen-bond donors (Lipinski definition) is 2. The van der Waals surface area contributed by atoms with Crippen LogP contribution >= 0.6 is 0 Å². The minimum absolute atomic E-state index is 0.157. The molecular weight excluding hydrogens is 256 g/mol. The normalized spacial score (nSPS) is 15.8. The van der Waals surface area contributed by atoms with Gasteiger partial charge in [0.15, 0.2) is 5.76 Å². The largest absolute Gasteiger partial charge is 0.481 e. The van der Waals surface area contributed by atoms with E-state index in [0.717, 1.165) is 18.9 Å². The van der Waals surface area contributed by atoms with Gasteiger partial charge in [-0.15, -0.1) is 0 Å². The first-order valence-electron chi connectivity index (χ1n) is 5.74. The van der Waals surface area contributed by atoms with E-state index in [-0.39, 0.29) is 18.1 Å². The molecule has 0 bridgehead atoms. The zero-order valence-corrected chi connectivity index (χ0v) is 9.87. The maximum Gasteiger partial charge on any atom is 0.433 e. The molecule has 102 valence electrons. The molecule has 2 rings (SSSR count). The predicted octanol–water partition coefficient (Wildman–Crippen LogP) is 1.17. The molecule has 8 nitrogen and oxygen atoms in total. The summed E-state index contributed by atoms with van der Waals surface area (Å²) in [7, 11) is 0. The molecule has 1 heterocycles. The van der Waals surface area contributed by atoms with E-state index in [1.807, 2.05) is 0 Å². The Morgan fingerprint density at radius 2 is 2.21 bits per heavy atom. The molecule has 1 aliphatic rings. The van der Waals surface area contributed by atoms with Gasteiger partial charge >= 0.3 is 11.9 Å². The number of carbonyl (C=O) groups excluding carboxylic acids is 1. The minimum atomic E-state index is -0.998. The van der Waals surface area contributed by atoms with Crippen LogP contribution in [0.5, 0.6) is 0 Å². The number of aliphatic carboxylic acids is 1. The number of hydrogen-bond acceptors (Lipinski definition) is 5. The lowest BCUT2D eigenvalue weighted by molar-refractivity contribution is -0.402. The Balaban J connectivity index is 2.01. The Bertz CT molecular complexity index is 519. The summed E-state index contributed by atoms with van der Waals surface area (Å²) in [5, 5.41) is 21.7. The Morgan fingerprint density at radius 1 is 1.53 bits per heavy atom. The highest BCUT2D eigenvalue weighted by molar-refractivity contribution is 5.92. The second kappa shape index (κ2) is 5.09. The fourth-order valence-corrected chi connectivity index (χ4v) is 1.81. The van der Waals surface area contributed by atoms with Gasteiger partial charge < -0.3 is 14.8 Å². The summed E-state index contributed by atoms with van der Waals surface area (Å²) in [5.41, 5.74) is 0. The van der Waals surface area contributed by atoms with Gasteiger partial charge in [0, 0.05) is 6.04 Å². The quantitative estimate of drug-likeness (QED) is 0.589. The van der Waals surface area contributed by atoms with Crippen molar-refractivity contribution < 1.29 is 24.0 Å². The smallest absolute Gasteiger partial charge is 0.433 e. The van der Waals surface area contributed by atoms with Crippen LogP contribution in [0.25, 0.3) is 0 Å². The summed E-state index contributed by atoms with van der Waals surface area (Å²) in [6.07, 6.45) is 1.58. The van der Waals surface area contributed by atoms with Crippen molar-refractivity contribution in [2.75, 3.05) is 0 Å². The van der Waals surface area contributed by atoms with Crippen molar-refractivity contribution >= 4 is 17.8 Å². The summed E-state index contributed by atoms with van der Waals surface area (Å²) in [6.45, 7) is 0. The first-order valence-corrected chi connectivity index (χ1v) is 5.74. The standard InChI is InChI=1S/C11H12N2O6/c14-10(15)5-7(6-1-2-6)12-11(16)8-3-4-9(19-8)13(17)18/h3-4,6-7H,1-2,5H2,(H,12,16)(H,14,15). The van der Waals surface area contributed by atoms with Gasteiger partial charge in [-0.05, 0) is 24.8 Å². The second-order valence-corrected chi connectivity index (χ2v) is 4.41. The molecule has 1 saturated carbocycles. The summed E-state index contributed by atoms with van der Waals surface area (Å²) in [4.78, 5) is 32.2. The molecule has 1 unspecified atom stereocenters. The third-order valence-electron chi connectivity index (χ3n) is 2.90. The first kappa shape index (κ1) is 13.1. The molecule has 2 N–H and O–H groups in total. The molecule has 1 aromatic rings. The van der Waals surface area contributed by atoms with E-state index in [1.54, 1.807) is 0 Å². The third kappa shape index (κ3) is 3.30. The minimum Gasteiger partial charge on any atom is -0.481 e. The van der Waals surface area contributed by atoms with Gasteiger partial charge in [0.2, 0.25) is 0 Å². The zero-order chi connectivity index (χ0) is 14.0. The molecule has 0 radical (unpaired) electrons. The highest BCUT2D eigenvalue weighted by atomic mass is 16.6. The lowest BCUT2D eigenvalue weighted by Gasteiger charge is -2.14. The van der Waals surface area contributed by atoms with Crippen molar-refractivity contribution in [2.45, 2.75) is 25.3 Å². The summed E-state index contributed by atoms with van der Waals surface area (Å²) < 4.78 is 4.75. The van der Waals surface area contributed by atoms with E-state index < -0.39 is 28.7 Å². The molecule has 1 aromatic heterocycles. The van der Waals surface area contributed by atoms with Crippen LogP contribution in [0.15, 0.2) is 16.5 Å². The number of nitrogens with zero attached hydrogens (tertiary/aromatic N) is 1. The molecule has 8 heteroatoms. The van der Waals surface area contributed by atoms with Gasteiger partial charge in [-0.3, -0.25) is 19.7 Å². The molecule has 0 aromatic carbocycles. The Hall–Kier alpha value is -2.38. The molecule has 0 spiro atoms. The molecular formula is C11H12N2O6. The van der Waals surface area contributed by atoms with E-state index in [1.165, 1.54) is 6.07 Å². The number of carboxylic acids is 1. The van der Waals surface area contributed by atoms with Gasteiger partial charge in [0.25, 0.3) is 5.91 Å². The van der Waals surface area contributed by atoms with Crippen LogP contribution in [-0.2, 0) is 4.79 Å². The Morgan fingerprint density at radius 3 is 2.68 bits per heavy atom. The highest BCUT2D eigenvalue weighted by Gasteiger charge is 2.34. The van der Waals surface area contributed by atoms with E-state index in [2.05, 4.69) is 5.32 Å². The van der Waals surface area contributed by atoms with Crippen molar-refractivity contribution in [1.29, 1.82) is 0 Å². The summed E-state index contributed by atoms with van der Waals surface area (Å²) in [5.74, 6) is -2.19. The lowest BCUT2D eigenvalue weighted by Crippen LogP contribution is -2.37. The molecule has 1 fully saturated rings. The van der Waals surface area contributed by atoms with Gasteiger partial charge in [-0.1, -0.05) is 0 Å². The van der Waals surface area contributed by atoms with Crippen LogP contribution in [0.3, 0.4) is 0 Å². The van der Waals surface area contributed by atoms with Crippen LogP contribution in [-0.4, -0.2) is 27.9 Å². The molecule has 1 aliphatic carbocycles. The zero-order valence-electron chi connectivity index (χ0n) is 9.87. The number of amides is 1. The predicted molar refractivity (Wildman–Crippen MR) is 61.6 cm³/mol. The fourth-order valence-electron chi connectivity index (χ4n) is 1.81. The fraction of sp³-hybridized carbons (Fsp3) is 0.455. The second-order valence-electron chi connectivity index (χ2n) is 4.41. The van der Waals surface area contributed by atoms with Crippen LogP contribution in [0.2, 0.25) is 0 Å². The molecule has 1 amide bonds. The highest BCUT2D eigenvalue weighted by Crippen LogP contribution is 2.34. The lowest BCUT2D eigenvalue weighted by atomic mass is 10.1. The van der Waals surface area contributed by atoms with Gasteiger partial charge in [0.1, 0.15) is 4.92 Å². The van der Waals surface area contributed by atoms with Crippen LogP contribution in [0.4, 0.5) is 5.88 Å². The summed E-state index contributed by atoms with van der Waals surface area (Å²) in [6, 6.07) is 1.81. The van der Waals surface area contributed by atoms with Crippen molar-refractivity contribution in [1.82, 2.24) is 5.32 Å². The van der Waals surface area contributed by atoms with Crippen LogP contribution in [0.1, 0.15) is 29.8 Å². The molecule has 1 atom stereocenters. The number of nitro groups is 1. The number of nitrogens with one attached hydrogen (secondary N) is 1. The molecule has 0 aliphatic heterocycles.